The van der Waals surface area contributed by atoms with Gasteiger partial charge in [0.15, 0.2) is 0 Å². The zero-order valence-corrected chi connectivity index (χ0v) is 13.1. The van der Waals surface area contributed by atoms with Crippen molar-refractivity contribution in [1.82, 2.24) is 10.6 Å². The van der Waals surface area contributed by atoms with Crippen LogP contribution in [0.15, 0.2) is 42.5 Å². The number of amides is 1. The lowest BCUT2D eigenvalue weighted by Crippen LogP contribution is -2.48. The van der Waals surface area contributed by atoms with Crippen molar-refractivity contribution in [1.29, 1.82) is 0 Å². The molecule has 3 nitrogen and oxygen atoms in total. The van der Waals surface area contributed by atoms with Crippen molar-refractivity contribution in [2.75, 3.05) is 0 Å². The standard InChI is InChI=1S/C16H17ClN2OS/c17-14-8-6-12(21-14)10-18-13-7-9-15(20)19-16(13)11-4-2-1-3-5-11/h1-6,8,13,16,18H,7,9-10H2,(H,19,20)/t13-,16+/m1/s1. The first-order chi connectivity index (χ1) is 10.2. The molecule has 1 aromatic heterocycles. The molecule has 1 aliphatic rings. The summed E-state index contributed by atoms with van der Waals surface area (Å²) in [6, 6.07) is 14.4. The topological polar surface area (TPSA) is 41.1 Å². The molecule has 0 spiro atoms. The lowest BCUT2D eigenvalue weighted by Gasteiger charge is -2.33. The van der Waals surface area contributed by atoms with Crippen LogP contribution in [0.5, 0.6) is 0 Å². The molecule has 1 saturated heterocycles. The molecule has 0 radical (unpaired) electrons. The first-order valence-corrected chi connectivity index (χ1v) is 8.24. The number of nitrogens with one attached hydrogen (secondary N) is 2. The van der Waals surface area contributed by atoms with Crippen LogP contribution in [0.1, 0.15) is 29.3 Å². The maximum absolute atomic E-state index is 11.7. The van der Waals surface area contributed by atoms with Crippen LogP contribution in [0.2, 0.25) is 4.34 Å². The molecule has 1 fully saturated rings. The van der Waals surface area contributed by atoms with E-state index in [0.717, 1.165) is 22.9 Å². The van der Waals surface area contributed by atoms with Gasteiger partial charge in [0.1, 0.15) is 0 Å². The van der Waals surface area contributed by atoms with E-state index in [4.69, 9.17) is 11.6 Å². The van der Waals surface area contributed by atoms with Gasteiger partial charge in [-0.05, 0) is 24.1 Å². The van der Waals surface area contributed by atoms with Crippen molar-refractivity contribution in [2.45, 2.75) is 31.5 Å². The van der Waals surface area contributed by atoms with E-state index in [1.807, 2.05) is 30.3 Å². The van der Waals surface area contributed by atoms with E-state index in [1.54, 1.807) is 11.3 Å². The van der Waals surface area contributed by atoms with Crippen LogP contribution in [0.3, 0.4) is 0 Å². The van der Waals surface area contributed by atoms with Crippen LogP contribution >= 0.6 is 22.9 Å². The van der Waals surface area contributed by atoms with Gasteiger partial charge in [0.25, 0.3) is 0 Å². The number of piperidine rings is 1. The van der Waals surface area contributed by atoms with E-state index >= 15 is 0 Å². The maximum atomic E-state index is 11.7. The summed E-state index contributed by atoms with van der Waals surface area (Å²) in [6.07, 6.45) is 1.43. The largest absolute Gasteiger partial charge is 0.348 e. The van der Waals surface area contributed by atoms with Gasteiger partial charge in [-0.15, -0.1) is 11.3 Å². The highest BCUT2D eigenvalue weighted by Gasteiger charge is 2.29. The van der Waals surface area contributed by atoms with Gasteiger partial charge in [-0.2, -0.15) is 0 Å². The third-order valence-electron chi connectivity index (χ3n) is 3.73. The molecular formula is C16H17ClN2OS. The molecule has 1 aromatic carbocycles. The Morgan fingerprint density at radius 2 is 2.05 bits per heavy atom. The van der Waals surface area contributed by atoms with E-state index in [1.165, 1.54) is 4.88 Å². The summed E-state index contributed by atoms with van der Waals surface area (Å²) in [7, 11) is 0. The van der Waals surface area contributed by atoms with Crippen LogP contribution in [-0.2, 0) is 11.3 Å². The van der Waals surface area contributed by atoms with Crippen LogP contribution in [0, 0.1) is 0 Å². The number of carbonyl (C=O) groups excluding carboxylic acids is 1. The summed E-state index contributed by atoms with van der Waals surface area (Å²) in [6.45, 7) is 0.779. The van der Waals surface area contributed by atoms with Gasteiger partial charge in [-0.1, -0.05) is 41.9 Å². The summed E-state index contributed by atoms with van der Waals surface area (Å²) in [5.74, 6) is 0.126. The number of hydrogen-bond donors (Lipinski definition) is 2. The Kier molecular flexibility index (Phi) is 4.58. The second-order valence-electron chi connectivity index (χ2n) is 5.19. The van der Waals surface area contributed by atoms with E-state index in [9.17, 15) is 4.79 Å². The molecular weight excluding hydrogens is 304 g/mol. The molecule has 2 N–H and O–H groups in total. The molecule has 2 aromatic rings. The third kappa shape index (κ3) is 3.64. The van der Waals surface area contributed by atoms with E-state index < -0.39 is 0 Å². The first-order valence-electron chi connectivity index (χ1n) is 7.04. The molecule has 0 bridgehead atoms. The Morgan fingerprint density at radius 1 is 1.24 bits per heavy atom. The Labute approximate surface area is 133 Å². The maximum Gasteiger partial charge on any atom is 0.220 e. The van der Waals surface area contributed by atoms with E-state index in [2.05, 4.69) is 22.8 Å². The molecule has 3 rings (SSSR count). The smallest absolute Gasteiger partial charge is 0.220 e. The van der Waals surface area contributed by atoms with Gasteiger partial charge in [0.05, 0.1) is 10.4 Å². The molecule has 2 atom stereocenters. The molecule has 0 aliphatic carbocycles. The van der Waals surface area contributed by atoms with Gasteiger partial charge in [0.2, 0.25) is 5.91 Å². The minimum Gasteiger partial charge on any atom is -0.348 e. The van der Waals surface area contributed by atoms with Gasteiger partial charge in [-0.25, -0.2) is 0 Å². The molecule has 0 saturated carbocycles. The quantitative estimate of drug-likeness (QED) is 0.905. The van der Waals surface area contributed by atoms with Gasteiger partial charge in [-0.3, -0.25) is 4.79 Å². The Hall–Kier alpha value is -1.36. The predicted octanol–water partition coefficient (Wildman–Crippen LogP) is 3.51. The van der Waals surface area contributed by atoms with Crippen molar-refractivity contribution in [3.05, 3.63) is 57.2 Å². The second-order valence-corrected chi connectivity index (χ2v) is 6.99. The lowest BCUT2D eigenvalue weighted by molar-refractivity contribution is -0.123. The normalized spacial score (nSPS) is 22.0. The highest BCUT2D eigenvalue weighted by Crippen LogP contribution is 2.26. The molecule has 1 amide bonds. The highest BCUT2D eigenvalue weighted by atomic mass is 35.5. The summed E-state index contributed by atoms with van der Waals surface area (Å²) in [5, 5.41) is 6.66. The average Bonchev–Trinajstić information content (AvgIpc) is 2.92. The lowest BCUT2D eigenvalue weighted by atomic mass is 9.92. The first kappa shape index (κ1) is 14.6. The third-order valence-corrected chi connectivity index (χ3v) is 4.96. The van der Waals surface area contributed by atoms with E-state index in [-0.39, 0.29) is 18.0 Å². The Balaban J connectivity index is 1.70. The molecule has 21 heavy (non-hydrogen) atoms. The number of rotatable bonds is 4. The second kappa shape index (κ2) is 6.60. The minimum absolute atomic E-state index is 0.0304. The van der Waals surface area contributed by atoms with Crippen molar-refractivity contribution in [2.24, 2.45) is 0 Å². The summed E-state index contributed by atoms with van der Waals surface area (Å²) in [5.41, 5.74) is 1.15. The highest BCUT2D eigenvalue weighted by molar-refractivity contribution is 7.16. The fourth-order valence-corrected chi connectivity index (χ4v) is 3.71. The molecule has 2 heterocycles. The molecule has 0 unspecified atom stereocenters. The monoisotopic (exact) mass is 320 g/mol. The Bertz CT molecular complexity index is 614. The fourth-order valence-electron chi connectivity index (χ4n) is 2.67. The average molecular weight is 321 g/mol. The summed E-state index contributed by atoms with van der Waals surface area (Å²) in [4.78, 5) is 12.9. The van der Waals surface area contributed by atoms with Gasteiger partial charge >= 0.3 is 0 Å². The van der Waals surface area contributed by atoms with Crippen LogP contribution in [0.4, 0.5) is 0 Å². The predicted molar refractivity (Wildman–Crippen MR) is 86.5 cm³/mol. The summed E-state index contributed by atoms with van der Waals surface area (Å²) >= 11 is 7.55. The molecule has 1 aliphatic heterocycles. The number of halogens is 1. The number of hydrogen-bond acceptors (Lipinski definition) is 3. The van der Waals surface area contributed by atoms with Crippen molar-refractivity contribution in [3.63, 3.8) is 0 Å². The number of thiophene rings is 1. The summed E-state index contributed by atoms with van der Waals surface area (Å²) < 4.78 is 0.809. The van der Waals surface area contributed by atoms with E-state index in [0.29, 0.717) is 6.42 Å². The van der Waals surface area contributed by atoms with Crippen molar-refractivity contribution < 1.29 is 4.79 Å². The number of carbonyl (C=O) groups is 1. The number of benzene rings is 1. The Morgan fingerprint density at radius 3 is 2.76 bits per heavy atom. The zero-order valence-electron chi connectivity index (χ0n) is 11.5. The fraction of sp³-hybridized carbons (Fsp3) is 0.312. The van der Waals surface area contributed by atoms with Crippen molar-refractivity contribution >= 4 is 28.8 Å². The van der Waals surface area contributed by atoms with Crippen molar-refractivity contribution in [3.8, 4) is 0 Å². The van der Waals surface area contributed by atoms with Crippen LogP contribution in [-0.4, -0.2) is 11.9 Å². The van der Waals surface area contributed by atoms with Crippen LogP contribution < -0.4 is 10.6 Å². The molecule has 110 valence electrons. The van der Waals surface area contributed by atoms with Gasteiger partial charge < -0.3 is 10.6 Å². The van der Waals surface area contributed by atoms with Gasteiger partial charge in [0, 0.05) is 23.9 Å². The zero-order chi connectivity index (χ0) is 14.7. The van der Waals surface area contributed by atoms with Crippen LogP contribution in [0.25, 0.3) is 0 Å². The molecule has 5 heteroatoms. The SMILES string of the molecule is O=C1CC[C@@H](NCc2ccc(Cl)s2)[C@H](c2ccccc2)N1. The minimum atomic E-state index is 0.0304.